The molecule has 4 atom stereocenters. The molecule has 3 unspecified atom stereocenters. The second-order valence-corrected chi connectivity index (χ2v) is 11.3. The number of hydrogen-bond donors (Lipinski definition) is 6. The summed E-state index contributed by atoms with van der Waals surface area (Å²) in [6.07, 6.45) is 0.787. The highest BCUT2D eigenvalue weighted by Gasteiger charge is 2.43. The van der Waals surface area contributed by atoms with Crippen LogP contribution in [0.1, 0.15) is 22.1 Å². The quantitative estimate of drug-likeness (QED) is 0.130. The number of sulfone groups is 1. The number of aryl methyl sites for hydroxylation is 1. The van der Waals surface area contributed by atoms with Crippen molar-refractivity contribution in [1.29, 1.82) is 0 Å². The molecule has 5 rings (SSSR count). The van der Waals surface area contributed by atoms with Crippen LogP contribution in [0.4, 0.5) is 5.82 Å². The van der Waals surface area contributed by atoms with Crippen LogP contribution in [0.25, 0.3) is 11.2 Å². The van der Waals surface area contributed by atoms with E-state index in [0.29, 0.717) is 11.2 Å². The number of nitrogens with zero attached hydrogens (tertiary/aromatic N) is 4. The van der Waals surface area contributed by atoms with Crippen LogP contribution in [0.3, 0.4) is 0 Å². The van der Waals surface area contributed by atoms with E-state index in [1.807, 2.05) is 0 Å². The number of phenolic OH excluding ortho intramolecular Hbond substituents is 2. The molecule has 0 bridgehead atoms. The van der Waals surface area contributed by atoms with E-state index in [0.717, 1.165) is 17.7 Å². The first-order valence-electron chi connectivity index (χ1n) is 12.3. The number of fused-ring (bicyclic) bond motifs is 1. The summed E-state index contributed by atoms with van der Waals surface area (Å²) in [6, 6.07) is 7.87. The van der Waals surface area contributed by atoms with E-state index >= 15 is 0 Å². The Bertz CT molecular complexity index is 1760. The summed E-state index contributed by atoms with van der Waals surface area (Å²) < 4.78 is 33.3. The number of carbonyl (C=O) groups excluding carboxylic acids is 1. The van der Waals surface area contributed by atoms with Gasteiger partial charge in [0.05, 0.1) is 21.7 Å². The first-order valence-corrected chi connectivity index (χ1v) is 13.7. The lowest BCUT2D eigenvalue weighted by Crippen LogP contribution is -2.31. The Hall–Kier alpha value is -4.57. The predicted octanol–water partition coefficient (Wildman–Crippen LogP) is 0.566. The lowest BCUT2D eigenvalue weighted by molar-refractivity contribution is -0.0245. The zero-order valence-corrected chi connectivity index (χ0v) is 22.3. The van der Waals surface area contributed by atoms with Gasteiger partial charge in [-0.1, -0.05) is 29.8 Å². The van der Waals surface area contributed by atoms with Crippen molar-refractivity contribution < 1.29 is 38.4 Å². The molecular formula is C26H26N6O8S. The number of imidazole rings is 1. The van der Waals surface area contributed by atoms with E-state index in [2.05, 4.69) is 20.3 Å². The maximum Gasteiger partial charge on any atom is 0.255 e. The van der Waals surface area contributed by atoms with Gasteiger partial charge in [0.25, 0.3) is 5.91 Å². The third-order valence-electron chi connectivity index (χ3n) is 6.59. The zero-order valence-electron chi connectivity index (χ0n) is 21.5. The molecule has 0 radical (unpaired) electrons. The minimum atomic E-state index is -4.09. The Labute approximate surface area is 233 Å². The number of carbonyl (C=O) groups is 1. The Morgan fingerprint density at radius 2 is 1.83 bits per heavy atom. The number of ether oxygens (including phenoxy) is 1. The third kappa shape index (κ3) is 5.18. The molecule has 1 amide bonds. The Balaban J connectivity index is 1.27. The highest BCUT2D eigenvalue weighted by Crippen LogP contribution is 2.35. The number of benzene rings is 2. The molecule has 2 aromatic heterocycles. The second-order valence-electron chi connectivity index (χ2n) is 9.35. The van der Waals surface area contributed by atoms with Crippen molar-refractivity contribution in [3.8, 4) is 11.5 Å². The van der Waals surface area contributed by atoms with E-state index in [4.69, 9.17) is 10.5 Å². The van der Waals surface area contributed by atoms with Gasteiger partial charge in [-0.3, -0.25) is 9.36 Å². The molecule has 0 aliphatic carbocycles. The minimum absolute atomic E-state index is 0.0438. The molecule has 41 heavy (non-hydrogen) atoms. The monoisotopic (exact) mass is 582 g/mol. The maximum absolute atomic E-state index is 13.0. The van der Waals surface area contributed by atoms with Crippen LogP contribution >= 0.6 is 0 Å². The van der Waals surface area contributed by atoms with E-state index in [9.17, 15) is 33.6 Å². The normalized spacial score (nSPS) is 21.0. The fourth-order valence-electron chi connectivity index (χ4n) is 4.35. The van der Waals surface area contributed by atoms with Crippen molar-refractivity contribution in [2.45, 2.75) is 41.3 Å². The molecule has 1 aliphatic heterocycles. The van der Waals surface area contributed by atoms with Gasteiger partial charge in [0.15, 0.2) is 29.2 Å². The van der Waals surface area contributed by atoms with Crippen LogP contribution in [0.2, 0.25) is 0 Å². The number of amides is 1. The van der Waals surface area contributed by atoms with E-state index < -0.39 is 57.3 Å². The molecule has 1 aliphatic rings. The summed E-state index contributed by atoms with van der Waals surface area (Å²) in [5.41, 5.74) is 6.81. The molecule has 0 spiro atoms. The zero-order chi connectivity index (χ0) is 29.5. The van der Waals surface area contributed by atoms with Crippen LogP contribution in [0.5, 0.6) is 11.5 Å². The van der Waals surface area contributed by atoms with Crippen LogP contribution in [-0.2, 0) is 14.6 Å². The molecular weight excluding hydrogens is 556 g/mol. The number of rotatable bonds is 7. The first-order chi connectivity index (χ1) is 19.5. The number of aromatic hydroxyl groups is 2. The summed E-state index contributed by atoms with van der Waals surface area (Å²) in [7, 11) is -4.09. The maximum atomic E-state index is 13.0. The number of aliphatic hydroxyl groups excluding tert-OH is 2. The van der Waals surface area contributed by atoms with Crippen molar-refractivity contribution in [2.24, 2.45) is 0 Å². The van der Waals surface area contributed by atoms with Crippen LogP contribution < -0.4 is 11.1 Å². The number of anilines is 1. The standard InChI is InChI=1S/C26H26N6O8S/c1-13-4-6-14(7-5-13)41(38,39)15-9-16(20(34)17(33)10-15)25(37)28-8-2-3-18-21(35)22(36)26(40-18)32-12-31-19-23(27)29-11-30-24(19)32/h2-7,9-12,18,21-22,26,33-36H,8H2,1H3,(H,28,37)(H2,27,29,30)/t18?,21?,22-,26?/m1/s1. The fourth-order valence-corrected chi connectivity index (χ4v) is 5.66. The van der Waals surface area contributed by atoms with Gasteiger partial charge in [-0.2, -0.15) is 0 Å². The highest BCUT2D eigenvalue weighted by atomic mass is 32.2. The Morgan fingerprint density at radius 1 is 1.10 bits per heavy atom. The summed E-state index contributed by atoms with van der Waals surface area (Å²) in [4.78, 5) is 24.5. The van der Waals surface area contributed by atoms with Crippen LogP contribution in [0.15, 0.2) is 71.0 Å². The summed E-state index contributed by atoms with van der Waals surface area (Å²) in [5.74, 6) is -2.28. The summed E-state index contributed by atoms with van der Waals surface area (Å²) in [6.45, 7) is 1.67. The van der Waals surface area contributed by atoms with Crippen LogP contribution in [-0.4, -0.2) is 79.1 Å². The van der Waals surface area contributed by atoms with Gasteiger partial charge >= 0.3 is 0 Å². The molecule has 1 fully saturated rings. The Morgan fingerprint density at radius 3 is 2.56 bits per heavy atom. The van der Waals surface area contributed by atoms with Gasteiger partial charge in [-0.05, 0) is 25.1 Å². The van der Waals surface area contributed by atoms with E-state index in [1.54, 1.807) is 19.1 Å². The van der Waals surface area contributed by atoms with E-state index in [1.165, 1.54) is 41.5 Å². The van der Waals surface area contributed by atoms with Gasteiger partial charge in [0.2, 0.25) is 9.84 Å². The third-order valence-corrected chi connectivity index (χ3v) is 8.34. The van der Waals surface area contributed by atoms with Crippen molar-refractivity contribution >= 4 is 32.7 Å². The summed E-state index contributed by atoms with van der Waals surface area (Å²) in [5, 5.41) is 43.9. The van der Waals surface area contributed by atoms with Crippen LogP contribution in [0, 0.1) is 6.92 Å². The molecule has 1 saturated heterocycles. The number of phenols is 2. The number of aromatic nitrogens is 4. The molecule has 7 N–H and O–H groups in total. The highest BCUT2D eigenvalue weighted by molar-refractivity contribution is 7.91. The van der Waals surface area contributed by atoms with Gasteiger partial charge in [0, 0.05) is 12.6 Å². The minimum Gasteiger partial charge on any atom is -0.504 e. The number of nitrogen functional groups attached to an aromatic ring is 1. The average Bonchev–Trinajstić information content (AvgIpc) is 3.49. The van der Waals surface area contributed by atoms with Gasteiger partial charge in [-0.25, -0.2) is 23.4 Å². The molecule has 4 aromatic rings. The Kier molecular flexibility index (Phi) is 7.35. The smallest absolute Gasteiger partial charge is 0.255 e. The van der Waals surface area contributed by atoms with Gasteiger partial charge < -0.3 is 36.2 Å². The average molecular weight is 583 g/mol. The molecule has 14 nitrogen and oxygen atoms in total. The molecule has 214 valence electrons. The number of nitrogens with one attached hydrogen (secondary N) is 1. The lowest BCUT2D eigenvalue weighted by atomic mass is 10.1. The first kappa shape index (κ1) is 28.0. The number of nitrogens with two attached hydrogens (primary N) is 1. The lowest BCUT2D eigenvalue weighted by Gasteiger charge is -2.16. The molecule has 0 saturated carbocycles. The van der Waals surface area contributed by atoms with Crippen molar-refractivity contribution in [3.63, 3.8) is 0 Å². The predicted molar refractivity (Wildman–Crippen MR) is 144 cm³/mol. The summed E-state index contributed by atoms with van der Waals surface area (Å²) >= 11 is 0. The van der Waals surface area contributed by atoms with Crippen molar-refractivity contribution in [2.75, 3.05) is 12.3 Å². The molecule has 3 heterocycles. The topological polar surface area (TPSA) is 223 Å². The fraction of sp³-hybridized carbons (Fsp3) is 0.231. The van der Waals surface area contributed by atoms with Crippen molar-refractivity contribution in [1.82, 2.24) is 24.8 Å². The molecule has 2 aromatic carbocycles. The SMILES string of the molecule is Cc1ccc(S(=O)(=O)c2cc(O)c(O)c(C(=O)NCC=CC3OC(n4cnc5c(N)ncnc54)[C@H](O)C3O)c2)cc1. The molecule has 15 heteroatoms. The number of hydrogen-bond acceptors (Lipinski definition) is 12. The van der Waals surface area contributed by atoms with Gasteiger partial charge in [0.1, 0.15) is 30.2 Å². The number of aliphatic hydroxyl groups is 2. The van der Waals surface area contributed by atoms with Crippen molar-refractivity contribution in [3.05, 3.63) is 72.3 Å². The van der Waals surface area contributed by atoms with Gasteiger partial charge in [-0.15, -0.1) is 0 Å². The second kappa shape index (κ2) is 10.8. The largest absolute Gasteiger partial charge is 0.504 e. The van der Waals surface area contributed by atoms with E-state index in [-0.39, 0.29) is 22.2 Å².